The first kappa shape index (κ1) is 14.3. The van der Waals surface area contributed by atoms with E-state index in [-0.39, 0.29) is 0 Å². The van der Waals surface area contributed by atoms with E-state index in [2.05, 4.69) is 34.1 Å². The molecule has 4 heteroatoms. The third-order valence-electron chi connectivity index (χ3n) is 3.24. The van der Waals surface area contributed by atoms with Crippen LogP contribution in [0.4, 0.5) is 0 Å². The zero-order valence-corrected chi connectivity index (χ0v) is 12.1. The lowest BCUT2D eigenvalue weighted by molar-refractivity contribution is 0.665. The van der Waals surface area contributed by atoms with E-state index < -0.39 is 0 Å². The van der Waals surface area contributed by atoms with Gasteiger partial charge in [0.1, 0.15) is 0 Å². The Morgan fingerprint density at radius 2 is 2.25 bits per heavy atom. The molecule has 0 aliphatic rings. The molecule has 1 aromatic carbocycles. The highest BCUT2D eigenvalue weighted by molar-refractivity contribution is 5.37. The Balaban J connectivity index is 2.01. The highest BCUT2D eigenvalue weighted by Gasteiger charge is 2.03. The summed E-state index contributed by atoms with van der Waals surface area (Å²) in [6.07, 6.45) is 5.06. The Bertz CT molecular complexity index is 607. The van der Waals surface area contributed by atoms with Crippen molar-refractivity contribution in [2.45, 2.75) is 33.4 Å². The van der Waals surface area contributed by atoms with Crippen molar-refractivity contribution in [1.29, 1.82) is 5.26 Å². The molecule has 104 valence electrons. The Morgan fingerprint density at radius 1 is 1.40 bits per heavy atom. The molecule has 0 unspecified atom stereocenters. The van der Waals surface area contributed by atoms with Crippen LogP contribution in [0.25, 0.3) is 0 Å². The normalized spacial score (nSPS) is 10.4. The fraction of sp³-hybridized carbons (Fsp3) is 0.375. The highest BCUT2D eigenvalue weighted by Crippen LogP contribution is 2.12. The van der Waals surface area contributed by atoms with Crippen LogP contribution in [0.5, 0.6) is 0 Å². The maximum Gasteiger partial charge on any atom is 0.0991 e. The number of rotatable bonds is 6. The molecule has 0 spiro atoms. The van der Waals surface area contributed by atoms with Gasteiger partial charge in [-0.1, -0.05) is 13.0 Å². The minimum atomic E-state index is 0.710. The number of aromatic nitrogens is 2. The van der Waals surface area contributed by atoms with E-state index in [0.717, 1.165) is 37.3 Å². The van der Waals surface area contributed by atoms with Gasteiger partial charge in [-0.05, 0) is 43.1 Å². The lowest BCUT2D eigenvalue weighted by Crippen LogP contribution is -2.13. The van der Waals surface area contributed by atoms with Crippen molar-refractivity contribution in [1.82, 2.24) is 14.9 Å². The number of nitriles is 1. The van der Waals surface area contributed by atoms with Crippen molar-refractivity contribution in [3.8, 4) is 6.07 Å². The molecule has 0 saturated heterocycles. The maximum absolute atomic E-state index is 8.88. The number of hydrogen-bond donors (Lipinski definition) is 1. The van der Waals surface area contributed by atoms with Crippen LogP contribution < -0.4 is 5.32 Å². The summed E-state index contributed by atoms with van der Waals surface area (Å²) in [5, 5.41) is 12.2. The summed E-state index contributed by atoms with van der Waals surface area (Å²) >= 11 is 0. The minimum Gasteiger partial charge on any atom is -0.333 e. The van der Waals surface area contributed by atoms with Crippen LogP contribution in [0.1, 0.15) is 35.7 Å². The number of benzene rings is 1. The lowest BCUT2D eigenvalue weighted by Gasteiger charge is -2.06. The average molecular weight is 268 g/mol. The summed E-state index contributed by atoms with van der Waals surface area (Å²) in [7, 11) is 0. The molecular formula is C16H20N4. The summed E-state index contributed by atoms with van der Waals surface area (Å²) in [4.78, 5) is 4.40. The van der Waals surface area contributed by atoms with Gasteiger partial charge in [-0.15, -0.1) is 0 Å². The van der Waals surface area contributed by atoms with Crippen LogP contribution in [0.3, 0.4) is 0 Å². The Hall–Kier alpha value is -2.12. The zero-order valence-electron chi connectivity index (χ0n) is 12.1. The topological polar surface area (TPSA) is 53.6 Å². The van der Waals surface area contributed by atoms with Crippen molar-refractivity contribution in [3.63, 3.8) is 0 Å². The molecule has 1 heterocycles. The van der Waals surface area contributed by atoms with Crippen LogP contribution in [0, 0.1) is 18.3 Å². The summed E-state index contributed by atoms with van der Waals surface area (Å²) < 4.78 is 2.08. The first-order chi connectivity index (χ1) is 9.72. The van der Waals surface area contributed by atoms with Crippen LogP contribution in [-0.2, 0) is 13.1 Å². The molecule has 4 nitrogen and oxygen atoms in total. The molecule has 0 amide bonds. The van der Waals surface area contributed by atoms with E-state index in [0.29, 0.717) is 5.56 Å². The van der Waals surface area contributed by atoms with Crippen LogP contribution >= 0.6 is 0 Å². The Morgan fingerprint density at radius 3 is 2.95 bits per heavy atom. The second-order valence-corrected chi connectivity index (χ2v) is 4.97. The predicted molar refractivity (Wildman–Crippen MR) is 79.2 cm³/mol. The second kappa shape index (κ2) is 6.88. The number of nitrogens with one attached hydrogen (secondary N) is 1. The summed E-state index contributed by atoms with van der Waals surface area (Å²) in [6.45, 7) is 6.81. The molecule has 0 atom stereocenters. The standard InChI is InChI=1S/C16H20N4/c1-3-6-18-9-16-11-20(12-19-16)10-15-5-4-14(8-17)7-13(15)2/h4-5,7,11-12,18H,3,6,9-10H2,1-2H3. The SMILES string of the molecule is CCCNCc1cn(Cc2ccc(C#N)cc2C)cn1. The van der Waals surface area contributed by atoms with Crippen LogP contribution in [-0.4, -0.2) is 16.1 Å². The van der Waals surface area contributed by atoms with Gasteiger partial charge in [0, 0.05) is 19.3 Å². The molecule has 1 N–H and O–H groups in total. The number of imidazole rings is 1. The summed E-state index contributed by atoms with van der Waals surface area (Å²) in [6, 6.07) is 7.97. The fourth-order valence-corrected chi connectivity index (χ4v) is 2.12. The zero-order chi connectivity index (χ0) is 14.4. The second-order valence-electron chi connectivity index (χ2n) is 4.97. The molecule has 0 bridgehead atoms. The molecule has 1 aromatic heterocycles. The lowest BCUT2D eigenvalue weighted by atomic mass is 10.1. The van der Waals surface area contributed by atoms with Gasteiger partial charge in [0.15, 0.2) is 0 Å². The minimum absolute atomic E-state index is 0.710. The largest absolute Gasteiger partial charge is 0.333 e. The van der Waals surface area contributed by atoms with Gasteiger partial charge < -0.3 is 9.88 Å². The van der Waals surface area contributed by atoms with Gasteiger partial charge in [0.25, 0.3) is 0 Å². The van der Waals surface area contributed by atoms with Gasteiger partial charge in [0.2, 0.25) is 0 Å². The molecule has 2 rings (SSSR count). The van der Waals surface area contributed by atoms with E-state index in [1.807, 2.05) is 31.5 Å². The van der Waals surface area contributed by atoms with Crippen LogP contribution in [0.15, 0.2) is 30.7 Å². The monoisotopic (exact) mass is 268 g/mol. The molecular weight excluding hydrogens is 248 g/mol. The van der Waals surface area contributed by atoms with Gasteiger partial charge in [-0.3, -0.25) is 0 Å². The van der Waals surface area contributed by atoms with E-state index in [9.17, 15) is 0 Å². The smallest absolute Gasteiger partial charge is 0.0991 e. The van der Waals surface area contributed by atoms with Crippen molar-refractivity contribution in [3.05, 3.63) is 53.1 Å². The van der Waals surface area contributed by atoms with Crippen molar-refractivity contribution in [2.24, 2.45) is 0 Å². The molecule has 2 aromatic rings. The van der Waals surface area contributed by atoms with Crippen LogP contribution in [0.2, 0.25) is 0 Å². The van der Waals surface area contributed by atoms with Crippen molar-refractivity contribution >= 4 is 0 Å². The van der Waals surface area contributed by atoms with Crippen molar-refractivity contribution in [2.75, 3.05) is 6.54 Å². The quantitative estimate of drug-likeness (QED) is 0.819. The third kappa shape index (κ3) is 3.69. The molecule has 0 aliphatic heterocycles. The number of aryl methyl sites for hydroxylation is 1. The predicted octanol–water partition coefficient (Wildman–Crippen LogP) is 2.61. The van der Waals surface area contributed by atoms with E-state index in [1.54, 1.807) is 0 Å². The van der Waals surface area contributed by atoms with Gasteiger partial charge in [-0.25, -0.2) is 4.98 Å². The molecule has 0 saturated carbocycles. The third-order valence-corrected chi connectivity index (χ3v) is 3.24. The van der Waals surface area contributed by atoms with E-state index in [4.69, 9.17) is 5.26 Å². The number of hydrogen-bond acceptors (Lipinski definition) is 3. The van der Waals surface area contributed by atoms with Crippen molar-refractivity contribution < 1.29 is 0 Å². The fourth-order valence-electron chi connectivity index (χ4n) is 2.12. The Labute approximate surface area is 120 Å². The first-order valence-electron chi connectivity index (χ1n) is 6.94. The van der Waals surface area contributed by atoms with Gasteiger partial charge >= 0.3 is 0 Å². The first-order valence-corrected chi connectivity index (χ1v) is 6.94. The van der Waals surface area contributed by atoms with Gasteiger partial charge in [-0.2, -0.15) is 5.26 Å². The maximum atomic E-state index is 8.88. The Kier molecular flexibility index (Phi) is 4.91. The average Bonchev–Trinajstić information content (AvgIpc) is 2.89. The van der Waals surface area contributed by atoms with Gasteiger partial charge in [0.05, 0.1) is 23.7 Å². The van der Waals surface area contributed by atoms with E-state index >= 15 is 0 Å². The number of nitrogens with zero attached hydrogens (tertiary/aromatic N) is 3. The molecule has 0 aliphatic carbocycles. The molecule has 20 heavy (non-hydrogen) atoms. The molecule has 0 radical (unpaired) electrons. The molecule has 0 fully saturated rings. The summed E-state index contributed by atoms with van der Waals surface area (Å²) in [5.41, 5.74) is 4.13. The highest BCUT2D eigenvalue weighted by atomic mass is 15.0. The summed E-state index contributed by atoms with van der Waals surface area (Å²) in [5.74, 6) is 0. The van der Waals surface area contributed by atoms with E-state index in [1.165, 1.54) is 5.56 Å².